The van der Waals surface area contributed by atoms with E-state index in [1.807, 2.05) is 0 Å². The number of nitrogens with zero attached hydrogens (tertiary/aromatic N) is 2. The van der Waals surface area contributed by atoms with Gasteiger partial charge in [-0.15, -0.1) is 0 Å². The van der Waals surface area contributed by atoms with Crippen LogP contribution in [0.25, 0.3) is 0 Å². The predicted octanol–water partition coefficient (Wildman–Crippen LogP) is 2.25. The molecule has 3 rings (SSSR count). The minimum atomic E-state index is -0.116. The topological polar surface area (TPSA) is 67.2 Å². The van der Waals surface area contributed by atoms with Gasteiger partial charge in [0.1, 0.15) is 6.54 Å². The number of aliphatic hydroxyl groups is 1. The maximum atomic E-state index is 12.0. The summed E-state index contributed by atoms with van der Waals surface area (Å²) in [5, 5.41) is 13.2. The van der Waals surface area contributed by atoms with Gasteiger partial charge in [-0.1, -0.05) is 41.6 Å². The molecule has 2 N–H and O–H groups in total. The van der Waals surface area contributed by atoms with Crippen molar-refractivity contribution in [3.8, 4) is 0 Å². The normalized spacial score (nSPS) is 14.0. The average molecular weight is 331 g/mol. The van der Waals surface area contributed by atoms with E-state index < -0.39 is 0 Å². The minimum Gasteiger partial charge on any atom is -0.390 e. The van der Waals surface area contributed by atoms with Gasteiger partial charge in [0.05, 0.1) is 18.5 Å². The van der Waals surface area contributed by atoms with Crippen molar-refractivity contribution in [1.29, 1.82) is 0 Å². The zero-order valence-corrected chi connectivity index (χ0v) is 14.0. The monoisotopic (exact) mass is 331 g/mol. The fourth-order valence-electron chi connectivity index (χ4n) is 2.28. The lowest BCUT2D eigenvalue weighted by Crippen LogP contribution is -2.30. The van der Waals surface area contributed by atoms with E-state index in [4.69, 9.17) is 0 Å². The number of amides is 1. The molecule has 0 aliphatic heterocycles. The molecule has 1 saturated carbocycles. The van der Waals surface area contributed by atoms with Gasteiger partial charge in [0, 0.05) is 11.8 Å². The second-order valence-electron chi connectivity index (χ2n) is 5.89. The molecule has 0 radical (unpaired) electrons. The van der Waals surface area contributed by atoms with Crippen LogP contribution < -0.4 is 5.32 Å². The largest absolute Gasteiger partial charge is 0.390 e. The van der Waals surface area contributed by atoms with Crippen LogP contribution in [0.15, 0.2) is 35.6 Å². The first-order valence-corrected chi connectivity index (χ1v) is 8.77. The lowest BCUT2D eigenvalue weighted by atomic mass is 10.2. The number of aliphatic hydroxyl groups excluding tert-OH is 1. The van der Waals surface area contributed by atoms with Gasteiger partial charge in [-0.3, -0.25) is 4.79 Å². The van der Waals surface area contributed by atoms with Crippen molar-refractivity contribution in [1.82, 2.24) is 14.9 Å². The number of thioether (sulfide) groups is 1. The highest BCUT2D eigenvalue weighted by Gasteiger charge is 2.24. The molecule has 1 fully saturated rings. The van der Waals surface area contributed by atoms with Crippen LogP contribution >= 0.6 is 11.8 Å². The second kappa shape index (κ2) is 7.19. The van der Waals surface area contributed by atoms with Crippen molar-refractivity contribution < 1.29 is 9.90 Å². The highest BCUT2D eigenvalue weighted by atomic mass is 32.2. The summed E-state index contributed by atoms with van der Waals surface area (Å²) < 4.78 is 1.80. The van der Waals surface area contributed by atoms with Gasteiger partial charge in [-0.05, 0) is 25.3 Å². The molecule has 0 bridgehead atoms. The average Bonchev–Trinajstić information content (AvgIpc) is 3.27. The van der Waals surface area contributed by atoms with Gasteiger partial charge in [-0.2, -0.15) is 0 Å². The van der Waals surface area contributed by atoms with Crippen molar-refractivity contribution in [3.05, 3.63) is 47.3 Å². The third-order valence-electron chi connectivity index (χ3n) is 3.80. The first-order valence-electron chi connectivity index (χ1n) is 7.78. The first-order chi connectivity index (χ1) is 11.2. The van der Waals surface area contributed by atoms with Crippen LogP contribution in [0, 0.1) is 6.92 Å². The number of carbonyl (C=O) groups excluding carboxylic acids is 1. The molecule has 1 aromatic carbocycles. The Morgan fingerprint density at radius 1 is 1.39 bits per heavy atom. The number of carbonyl (C=O) groups is 1. The van der Waals surface area contributed by atoms with E-state index in [-0.39, 0.29) is 19.1 Å². The lowest BCUT2D eigenvalue weighted by molar-refractivity contribution is -0.122. The summed E-state index contributed by atoms with van der Waals surface area (Å²) in [7, 11) is 0. The molecule has 5 nitrogen and oxygen atoms in total. The Balaban J connectivity index is 1.66. The molecule has 23 heavy (non-hydrogen) atoms. The Morgan fingerprint density at radius 3 is 2.78 bits per heavy atom. The molecule has 1 amide bonds. The molecular weight excluding hydrogens is 310 g/mol. The molecule has 1 aliphatic rings. The smallest absolute Gasteiger partial charge is 0.240 e. The number of hydrogen-bond donors (Lipinski definition) is 2. The highest BCUT2D eigenvalue weighted by molar-refractivity contribution is 7.98. The molecule has 0 unspecified atom stereocenters. The van der Waals surface area contributed by atoms with Crippen molar-refractivity contribution >= 4 is 17.7 Å². The minimum absolute atomic E-state index is 0.0163. The molecule has 1 heterocycles. The Morgan fingerprint density at radius 2 is 2.13 bits per heavy atom. The molecular formula is C17H21N3O2S. The molecule has 0 spiro atoms. The quantitative estimate of drug-likeness (QED) is 0.764. The summed E-state index contributed by atoms with van der Waals surface area (Å²) in [5.41, 5.74) is 3.12. The maximum absolute atomic E-state index is 12.0. The number of aromatic nitrogens is 2. The van der Waals surface area contributed by atoms with Crippen LogP contribution in [-0.4, -0.2) is 26.6 Å². The van der Waals surface area contributed by atoms with Crippen LogP contribution in [0.5, 0.6) is 0 Å². The van der Waals surface area contributed by atoms with E-state index in [9.17, 15) is 9.90 Å². The van der Waals surface area contributed by atoms with Crippen molar-refractivity contribution in [2.24, 2.45) is 0 Å². The Hall–Kier alpha value is -1.79. The molecule has 0 saturated heterocycles. The van der Waals surface area contributed by atoms with Gasteiger partial charge >= 0.3 is 0 Å². The Bertz CT molecular complexity index is 678. The lowest BCUT2D eigenvalue weighted by Gasteiger charge is -2.11. The summed E-state index contributed by atoms with van der Waals surface area (Å²) in [6.45, 7) is 2.16. The summed E-state index contributed by atoms with van der Waals surface area (Å²) in [6, 6.07) is 8.72. The summed E-state index contributed by atoms with van der Waals surface area (Å²) in [5.74, 6) is 0.768. The molecule has 6 heteroatoms. The third-order valence-corrected chi connectivity index (χ3v) is 4.86. The second-order valence-corrected chi connectivity index (χ2v) is 6.83. The number of benzene rings is 1. The van der Waals surface area contributed by atoms with Gasteiger partial charge in [0.15, 0.2) is 5.16 Å². The fraction of sp³-hybridized carbons (Fsp3) is 0.412. The van der Waals surface area contributed by atoms with E-state index in [2.05, 4.69) is 41.5 Å². The molecule has 1 aromatic heterocycles. The molecule has 122 valence electrons. The van der Waals surface area contributed by atoms with E-state index in [1.165, 1.54) is 11.1 Å². The van der Waals surface area contributed by atoms with Crippen molar-refractivity contribution in [2.75, 3.05) is 0 Å². The number of hydrogen-bond acceptors (Lipinski definition) is 4. The first kappa shape index (κ1) is 16.1. The van der Waals surface area contributed by atoms with E-state index in [1.54, 1.807) is 22.5 Å². The van der Waals surface area contributed by atoms with Crippen LogP contribution in [0.2, 0.25) is 0 Å². The van der Waals surface area contributed by atoms with Gasteiger partial charge in [0.25, 0.3) is 0 Å². The summed E-state index contributed by atoms with van der Waals surface area (Å²) in [6.07, 6.45) is 3.77. The van der Waals surface area contributed by atoms with E-state index in [0.717, 1.165) is 23.8 Å². The molecule has 0 atom stereocenters. The zero-order chi connectivity index (χ0) is 16.2. The van der Waals surface area contributed by atoms with Crippen molar-refractivity contribution in [3.63, 3.8) is 0 Å². The predicted molar refractivity (Wildman–Crippen MR) is 90.1 cm³/mol. The SMILES string of the molecule is Cc1ccc(CSc2ncc(CO)n2CC(=O)NC2CC2)cc1. The van der Waals surface area contributed by atoms with Gasteiger partial charge in [-0.25, -0.2) is 4.98 Å². The van der Waals surface area contributed by atoms with Crippen LogP contribution in [0.3, 0.4) is 0 Å². The highest BCUT2D eigenvalue weighted by Crippen LogP contribution is 2.24. The van der Waals surface area contributed by atoms with Crippen molar-refractivity contribution in [2.45, 2.75) is 49.9 Å². The maximum Gasteiger partial charge on any atom is 0.240 e. The number of rotatable bonds is 7. The molecule has 2 aromatic rings. The Labute approximate surface area is 140 Å². The molecule has 1 aliphatic carbocycles. The van der Waals surface area contributed by atoms with Crippen LogP contribution in [0.4, 0.5) is 0 Å². The van der Waals surface area contributed by atoms with E-state index >= 15 is 0 Å². The Kier molecular flexibility index (Phi) is 5.03. The van der Waals surface area contributed by atoms with Crippen LogP contribution in [-0.2, 0) is 23.7 Å². The van der Waals surface area contributed by atoms with Gasteiger partial charge in [0.2, 0.25) is 5.91 Å². The number of aryl methyl sites for hydroxylation is 1. The zero-order valence-electron chi connectivity index (χ0n) is 13.2. The standard InChI is InChI=1S/C17H21N3O2S/c1-12-2-4-13(5-3-12)11-23-17-18-8-15(10-21)20(17)9-16(22)19-14-6-7-14/h2-5,8,14,21H,6-7,9-11H2,1H3,(H,19,22). The summed E-state index contributed by atoms with van der Waals surface area (Å²) >= 11 is 1.58. The number of nitrogens with one attached hydrogen (secondary N) is 1. The summed E-state index contributed by atoms with van der Waals surface area (Å²) in [4.78, 5) is 16.4. The van der Waals surface area contributed by atoms with E-state index in [0.29, 0.717) is 11.7 Å². The fourth-order valence-corrected chi connectivity index (χ4v) is 3.23. The third kappa shape index (κ3) is 4.36. The van der Waals surface area contributed by atoms with Crippen LogP contribution in [0.1, 0.15) is 29.7 Å². The number of imidazole rings is 1. The van der Waals surface area contributed by atoms with Gasteiger partial charge < -0.3 is 15.0 Å².